The summed E-state index contributed by atoms with van der Waals surface area (Å²) < 4.78 is 5.26. The number of anilines is 2. The molecule has 0 atom stereocenters. The van der Waals surface area contributed by atoms with Gasteiger partial charge in [0.15, 0.2) is 0 Å². The van der Waals surface area contributed by atoms with Gasteiger partial charge in [-0.25, -0.2) is 4.98 Å². The van der Waals surface area contributed by atoms with Crippen LogP contribution in [-0.2, 0) is 6.54 Å². The lowest BCUT2D eigenvalue weighted by atomic mass is 10.4. The van der Waals surface area contributed by atoms with Gasteiger partial charge < -0.3 is 14.6 Å². The largest absolute Gasteiger partial charge is 0.467 e. The van der Waals surface area contributed by atoms with E-state index in [4.69, 9.17) is 4.42 Å². The van der Waals surface area contributed by atoms with Gasteiger partial charge in [0.05, 0.1) is 12.8 Å². The van der Waals surface area contributed by atoms with E-state index >= 15 is 0 Å². The van der Waals surface area contributed by atoms with Gasteiger partial charge in [-0.1, -0.05) is 0 Å². The molecule has 5 heteroatoms. The summed E-state index contributed by atoms with van der Waals surface area (Å²) in [5.41, 5.74) is 0. The van der Waals surface area contributed by atoms with Gasteiger partial charge in [-0.05, 0) is 31.0 Å². The Hall–Kier alpha value is -2.04. The molecule has 0 radical (unpaired) electrons. The third kappa shape index (κ3) is 2.45. The highest BCUT2D eigenvalue weighted by Crippen LogP contribution is 2.18. The van der Waals surface area contributed by atoms with Crippen molar-refractivity contribution in [1.82, 2.24) is 9.97 Å². The van der Waals surface area contributed by atoms with Crippen LogP contribution in [0.5, 0.6) is 0 Å². The Bertz CT molecular complexity index is 491. The normalized spacial score (nSPS) is 15.0. The summed E-state index contributed by atoms with van der Waals surface area (Å²) in [5.74, 6) is 2.53. The lowest BCUT2D eigenvalue weighted by Crippen LogP contribution is -2.19. The standard InChI is InChI=1S/C13H16N4O/c1-2-8-17(7-1)12-5-6-14-13(16-12)15-10-11-4-3-9-18-11/h3-6,9H,1-2,7-8,10H2,(H,14,15,16). The molecule has 0 aliphatic carbocycles. The van der Waals surface area contributed by atoms with Crippen molar-refractivity contribution in [3.63, 3.8) is 0 Å². The summed E-state index contributed by atoms with van der Waals surface area (Å²) in [7, 11) is 0. The number of nitrogens with zero attached hydrogens (tertiary/aromatic N) is 3. The topological polar surface area (TPSA) is 54.2 Å². The molecule has 5 nitrogen and oxygen atoms in total. The van der Waals surface area contributed by atoms with Crippen LogP contribution in [0.1, 0.15) is 18.6 Å². The number of hydrogen-bond donors (Lipinski definition) is 1. The van der Waals surface area contributed by atoms with E-state index in [0.717, 1.165) is 24.7 Å². The summed E-state index contributed by atoms with van der Waals surface area (Å²) in [5, 5.41) is 3.17. The molecule has 18 heavy (non-hydrogen) atoms. The molecule has 0 bridgehead atoms. The first-order valence-corrected chi connectivity index (χ1v) is 6.26. The van der Waals surface area contributed by atoms with E-state index in [2.05, 4.69) is 20.2 Å². The van der Waals surface area contributed by atoms with Crippen molar-refractivity contribution < 1.29 is 4.42 Å². The molecule has 1 aliphatic heterocycles. The van der Waals surface area contributed by atoms with Crippen molar-refractivity contribution >= 4 is 11.8 Å². The van der Waals surface area contributed by atoms with Crippen LogP contribution < -0.4 is 10.2 Å². The molecule has 1 fully saturated rings. The Balaban J connectivity index is 1.66. The third-order valence-electron chi connectivity index (χ3n) is 3.07. The monoisotopic (exact) mass is 244 g/mol. The minimum atomic E-state index is 0.608. The number of aromatic nitrogens is 2. The zero-order chi connectivity index (χ0) is 12.2. The molecule has 0 aromatic carbocycles. The van der Waals surface area contributed by atoms with Crippen LogP contribution in [0.15, 0.2) is 35.1 Å². The second-order valence-electron chi connectivity index (χ2n) is 4.37. The molecule has 0 unspecified atom stereocenters. The van der Waals surface area contributed by atoms with Gasteiger partial charge in [-0.2, -0.15) is 4.98 Å². The molecule has 0 saturated carbocycles. The first-order valence-electron chi connectivity index (χ1n) is 6.26. The van der Waals surface area contributed by atoms with Gasteiger partial charge in [-0.15, -0.1) is 0 Å². The molecular formula is C13H16N4O. The SMILES string of the molecule is c1coc(CNc2nccc(N3CCCC3)n2)c1. The van der Waals surface area contributed by atoms with E-state index in [1.165, 1.54) is 12.8 Å². The fourth-order valence-electron chi connectivity index (χ4n) is 2.14. The summed E-state index contributed by atoms with van der Waals surface area (Å²) in [6.07, 6.45) is 5.96. The van der Waals surface area contributed by atoms with E-state index in [-0.39, 0.29) is 0 Å². The maximum atomic E-state index is 5.26. The molecule has 1 N–H and O–H groups in total. The van der Waals surface area contributed by atoms with Gasteiger partial charge in [0.25, 0.3) is 0 Å². The summed E-state index contributed by atoms with van der Waals surface area (Å²) in [6, 6.07) is 5.76. The first kappa shape index (κ1) is 11.1. The highest BCUT2D eigenvalue weighted by atomic mass is 16.3. The maximum absolute atomic E-state index is 5.26. The van der Waals surface area contributed by atoms with E-state index in [0.29, 0.717) is 12.5 Å². The number of furan rings is 1. The number of nitrogens with one attached hydrogen (secondary N) is 1. The molecular weight excluding hydrogens is 228 g/mol. The predicted molar refractivity (Wildman–Crippen MR) is 69.5 cm³/mol. The van der Waals surface area contributed by atoms with Crippen LogP contribution in [0.2, 0.25) is 0 Å². The van der Waals surface area contributed by atoms with Crippen molar-refractivity contribution in [3.8, 4) is 0 Å². The predicted octanol–water partition coefficient (Wildman–Crippen LogP) is 2.28. The highest BCUT2D eigenvalue weighted by molar-refractivity contribution is 5.43. The lowest BCUT2D eigenvalue weighted by Gasteiger charge is -2.16. The Kier molecular flexibility index (Phi) is 3.12. The van der Waals surface area contributed by atoms with Gasteiger partial charge in [0.1, 0.15) is 11.6 Å². The van der Waals surface area contributed by atoms with Crippen LogP contribution in [0.3, 0.4) is 0 Å². The third-order valence-corrected chi connectivity index (χ3v) is 3.07. The highest BCUT2D eigenvalue weighted by Gasteiger charge is 2.13. The molecule has 0 amide bonds. The second-order valence-corrected chi connectivity index (χ2v) is 4.37. The van der Waals surface area contributed by atoms with E-state index in [1.54, 1.807) is 12.5 Å². The molecule has 2 aromatic rings. The fourth-order valence-corrected chi connectivity index (χ4v) is 2.14. The van der Waals surface area contributed by atoms with Crippen LogP contribution in [0.4, 0.5) is 11.8 Å². The number of hydrogen-bond acceptors (Lipinski definition) is 5. The van der Waals surface area contributed by atoms with Crippen molar-refractivity contribution in [3.05, 3.63) is 36.4 Å². The zero-order valence-corrected chi connectivity index (χ0v) is 10.2. The lowest BCUT2D eigenvalue weighted by molar-refractivity contribution is 0.517. The van der Waals surface area contributed by atoms with E-state index in [1.807, 2.05) is 18.2 Å². The molecule has 1 saturated heterocycles. The van der Waals surface area contributed by atoms with Crippen LogP contribution in [-0.4, -0.2) is 23.1 Å². The Morgan fingerprint density at radius 3 is 2.94 bits per heavy atom. The van der Waals surface area contributed by atoms with Crippen molar-refractivity contribution in [2.24, 2.45) is 0 Å². The Labute approximate surface area is 106 Å². The Morgan fingerprint density at radius 2 is 2.17 bits per heavy atom. The molecule has 3 heterocycles. The zero-order valence-electron chi connectivity index (χ0n) is 10.2. The smallest absolute Gasteiger partial charge is 0.224 e. The Morgan fingerprint density at radius 1 is 1.28 bits per heavy atom. The first-order chi connectivity index (χ1) is 8.92. The van der Waals surface area contributed by atoms with Crippen LogP contribution >= 0.6 is 0 Å². The van der Waals surface area contributed by atoms with Gasteiger partial charge in [0.2, 0.25) is 5.95 Å². The minimum Gasteiger partial charge on any atom is -0.467 e. The summed E-state index contributed by atoms with van der Waals surface area (Å²) in [6.45, 7) is 2.79. The molecule has 3 rings (SSSR count). The minimum absolute atomic E-state index is 0.608. The van der Waals surface area contributed by atoms with E-state index in [9.17, 15) is 0 Å². The molecule has 1 aliphatic rings. The molecule has 0 spiro atoms. The van der Waals surface area contributed by atoms with Crippen LogP contribution in [0, 0.1) is 0 Å². The van der Waals surface area contributed by atoms with E-state index < -0.39 is 0 Å². The van der Waals surface area contributed by atoms with Gasteiger partial charge in [0, 0.05) is 19.3 Å². The average Bonchev–Trinajstić information content (AvgIpc) is 3.10. The summed E-state index contributed by atoms with van der Waals surface area (Å²) >= 11 is 0. The quantitative estimate of drug-likeness (QED) is 0.894. The number of rotatable bonds is 4. The van der Waals surface area contributed by atoms with Crippen LogP contribution in [0.25, 0.3) is 0 Å². The van der Waals surface area contributed by atoms with Gasteiger partial charge >= 0.3 is 0 Å². The van der Waals surface area contributed by atoms with Crippen molar-refractivity contribution in [2.75, 3.05) is 23.3 Å². The summed E-state index contributed by atoms with van der Waals surface area (Å²) in [4.78, 5) is 11.0. The fraction of sp³-hybridized carbons (Fsp3) is 0.385. The maximum Gasteiger partial charge on any atom is 0.224 e. The average molecular weight is 244 g/mol. The van der Waals surface area contributed by atoms with Crippen molar-refractivity contribution in [2.45, 2.75) is 19.4 Å². The second kappa shape index (κ2) is 5.08. The van der Waals surface area contributed by atoms with Gasteiger partial charge in [-0.3, -0.25) is 0 Å². The molecule has 2 aromatic heterocycles. The molecule has 94 valence electrons. The van der Waals surface area contributed by atoms with Crippen molar-refractivity contribution in [1.29, 1.82) is 0 Å².